The molecule has 0 radical (unpaired) electrons. The van der Waals surface area contributed by atoms with Crippen molar-refractivity contribution in [1.29, 1.82) is 0 Å². The minimum Gasteiger partial charge on any atom is -0.373 e. The fourth-order valence-corrected chi connectivity index (χ4v) is 2.12. The Balaban J connectivity index is 1.82. The van der Waals surface area contributed by atoms with Crippen LogP contribution in [0.5, 0.6) is 0 Å². The second-order valence-corrected chi connectivity index (χ2v) is 5.00. The molecule has 0 saturated heterocycles. The molecule has 0 unspecified atom stereocenters. The minimum atomic E-state index is -0.288. The first-order chi connectivity index (χ1) is 9.06. The van der Waals surface area contributed by atoms with E-state index in [0.717, 1.165) is 11.3 Å². The van der Waals surface area contributed by atoms with Crippen LogP contribution in [0.15, 0.2) is 24.3 Å². The molecule has 0 spiro atoms. The molecule has 1 aliphatic rings. The van der Waals surface area contributed by atoms with Gasteiger partial charge in [-0.15, -0.1) is 0 Å². The Hall–Kier alpha value is -2.04. The van der Waals surface area contributed by atoms with Crippen LogP contribution in [0, 0.1) is 0 Å². The van der Waals surface area contributed by atoms with E-state index >= 15 is 0 Å². The van der Waals surface area contributed by atoms with Gasteiger partial charge in [0.1, 0.15) is 6.04 Å². The Bertz CT molecular complexity index is 460. The number of hydrogen-bond acceptors (Lipinski definition) is 3. The Kier molecular flexibility index (Phi) is 4.04. The normalized spacial score (nSPS) is 16.7. The third-order valence-electron chi connectivity index (χ3n) is 2.96. The summed E-state index contributed by atoms with van der Waals surface area (Å²) in [5.74, 6) is -0.311. The van der Waals surface area contributed by atoms with Crippen molar-refractivity contribution >= 4 is 17.5 Å². The van der Waals surface area contributed by atoms with E-state index in [1.54, 1.807) is 0 Å². The van der Waals surface area contributed by atoms with Crippen molar-refractivity contribution in [2.24, 2.45) is 0 Å². The summed E-state index contributed by atoms with van der Waals surface area (Å²) in [7, 11) is 0. The number of fused-ring (bicyclic) bond motifs is 1. The number of benzene rings is 1. The van der Waals surface area contributed by atoms with Crippen LogP contribution in [0.3, 0.4) is 0 Å². The minimum absolute atomic E-state index is 0.0194. The van der Waals surface area contributed by atoms with E-state index in [-0.39, 0.29) is 30.4 Å². The summed E-state index contributed by atoms with van der Waals surface area (Å²) in [5, 5.41) is 8.54. The lowest BCUT2D eigenvalue weighted by Gasteiger charge is -2.13. The third-order valence-corrected chi connectivity index (χ3v) is 2.96. The predicted octanol–water partition coefficient (Wildman–Crippen LogP) is 0.664. The van der Waals surface area contributed by atoms with Crippen LogP contribution in [0.2, 0.25) is 0 Å². The molecule has 5 heteroatoms. The number of para-hydroxylation sites is 1. The largest absolute Gasteiger partial charge is 0.373 e. The van der Waals surface area contributed by atoms with Crippen LogP contribution in [0.1, 0.15) is 19.4 Å². The monoisotopic (exact) mass is 261 g/mol. The quantitative estimate of drug-likeness (QED) is 0.746. The Morgan fingerprint density at radius 1 is 1.37 bits per heavy atom. The highest BCUT2D eigenvalue weighted by atomic mass is 16.2. The first-order valence-electron chi connectivity index (χ1n) is 6.48. The number of carbonyl (C=O) groups excluding carboxylic acids is 2. The van der Waals surface area contributed by atoms with Gasteiger partial charge in [0.25, 0.3) is 0 Å². The van der Waals surface area contributed by atoms with Gasteiger partial charge in [-0.2, -0.15) is 0 Å². The molecular weight excluding hydrogens is 242 g/mol. The summed E-state index contributed by atoms with van der Waals surface area (Å²) >= 11 is 0. The van der Waals surface area contributed by atoms with Crippen molar-refractivity contribution < 1.29 is 9.59 Å². The molecule has 0 bridgehead atoms. The van der Waals surface area contributed by atoms with Crippen LogP contribution in [-0.2, 0) is 16.0 Å². The Morgan fingerprint density at radius 3 is 2.79 bits per heavy atom. The van der Waals surface area contributed by atoms with E-state index in [1.165, 1.54) is 0 Å². The lowest BCUT2D eigenvalue weighted by molar-refractivity contribution is -0.126. The highest BCUT2D eigenvalue weighted by Gasteiger charge is 2.26. The van der Waals surface area contributed by atoms with Gasteiger partial charge in [0, 0.05) is 18.2 Å². The summed E-state index contributed by atoms with van der Waals surface area (Å²) in [4.78, 5) is 23.4. The average molecular weight is 261 g/mol. The van der Waals surface area contributed by atoms with Crippen molar-refractivity contribution in [1.82, 2.24) is 10.6 Å². The van der Waals surface area contributed by atoms with E-state index < -0.39 is 0 Å². The summed E-state index contributed by atoms with van der Waals surface area (Å²) in [6.45, 7) is 3.79. The lowest BCUT2D eigenvalue weighted by Crippen LogP contribution is -2.44. The molecule has 1 aromatic carbocycles. The van der Waals surface area contributed by atoms with Crippen LogP contribution >= 0.6 is 0 Å². The van der Waals surface area contributed by atoms with Gasteiger partial charge in [-0.3, -0.25) is 9.59 Å². The van der Waals surface area contributed by atoms with E-state index in [9.17, 15) is 9.59 Å². The maximum atomic E-state index is 12.0. The maximum Gasteiger partial charge on any atom is 0.243 e. The zero-order chi connectivity index (χ0) is 13.8. The fraction of sp³-hybridized carbons (Fsp3) is 0.429. The third kappa shape index (κ3) is 3.47. The van der Waals surface area contributed by atoms with Crippen molar-refractivity contribution in [3.8, 4) is 0 Å². The van der Waals surface area contributed by atoms with Gasteiger partial charge in [-0.1, -0.05) is 18.2 Å². The van der Waals surface area contributed by atoms with Gasteiger partial charge in [0.15, 0.2) is 0 Å². The number of anilines is 1. The summed E-state index contributed by atoms with van der Waals surface area (Å²) in [5.41, 5.74) is 2.13. The zero-order valence-corrected chi connectivity index (χ0v) is 11.2. The molecule has 1 aromatic rings. The number of rotatable bonds is 4. The standard InChI is InChI=1S/C14H19N3O2/c1-9(2)16-13(18)8-15-14(19)12-7-10-5-3-4-6-11(10)17-12/h3-6,9,12,17H,7-8H2,1-2H3,(H,15,19)(H,16,18)/t12-/m0/s1. The molecule has 2 amide bonds. The van der Waals surface area contributed by atoms with Gasteiger partial charge in [-0.25, -0.2) is 0 Å². The number of nitrogens with one attached hydrogen (secondary N) is 3. The zero-order valence-electron chi connectivity index (χ0n) is 11.2. The van der Waals surface area contributed by atoms with Gasteiger partial charge in [-0.05, 0) is 25.5 Å². The molecule has 1 aliphatic heterocycles. The smallest absolute Gasteiger partial charge is 0.243 e. The van der Waals surface area contributed by atoms with Crippen LogP contribution < -0.4 is 16.0 Å². The topological polar surface area (TPSA) is 70.2 Å². The Labute approximate surface area is 112 Å². The van der Waals surface area contributed by atoms with E-state index in [0.29, 0.717) is 6.42 Å². The van der Waals surface area contributed by atoms with E-state index in [2.05, 4.69) is 16.0 Å². The lowest BCUT2D eigenvalue weighted by atomic mass is 10.1. The van der Waals surface area contributed by atoms with Gasteiger partial charge < -0.3 is 16.0 Å². The van der Waals surface area contributed by atoms with E-state index in [1.807, 2.05) is 38.1 Å². The van der Waals surface area contributed by atoms with Crippen LogP contribution in [0.4, 0.5) is 5.69 Å². The summed E-state index contributed by atoms with van der Waals surface area (Å²) in [6, 6.07) is 7.64. The number of amides is 2. The summed E-state index contributed by atoms with van der Waals surface area (Å²) in [6.07, 6.45) is 0.661. The maximum absolute atomic E-state index is 12.0. The van der Waals surface area contributed by atoms with E-state index in [4.69, 9.17) is 0 Å². The van der Waals surface area contributed by atoms with Gasteiger partial charge >= 0.3 is 0 Å². The molecule has 0 aliphatic carbocycles. The van der Waals surface area contributed by atoms with Crippen molar-refractivity contribution in [2.75, 3.05) is 11.9 Å². The molecule has 5 nitrogen and oxygen atoms in total. The molecule has 0 saturated carbocycles. The SMILES string of the molecule is CC(C)NC(=O)CNC(=O)[C@@H]1Cc2ccccc2N1. The molecule has 3 N–H and O–H groups in total. The van der Waals surface area contributed by atoms with Crippen molar-refractivity contribution in [2.45, 2.75) is 32.4 Å². The molecule has 1 heterocycles. The van der Waals surface area contributed by atoms with Crippen molar-refractivity contribution in [3.63, 3.8) is 0 Å². The summed E-state index contributed by atoms with van der Waals surface area (Å²) < 4.78 is 0. The van der Waals surface area contributed by atoms with Crippen LogP contribution in [0.25, 0.3) is 0 Å². The molecule has 2 rings (SSSR count). The van der Waals surface area contributed by atoms with Crippen molar-refractivity contribution in [3.05, 3.63) is 29.8 Å². The molecule has 0 aromatic heterocycles. The second-order valence-electron chi connectivity index (χ2n) is 5.00. The molecule has 0 fully saturated rings. The highest BCUT2D eigenvalue weighted by Crippen LogP contribution is 2.24. The van der Waals surface area contributed by atoms with Gasteiger partial charge in [0.2, 0.25) is 11.8 Å². The molecular formula is C14H19N3O2. The predicted molar refractivity (Wildman–Crippen MR) is 73.8 cm³/mol. The van der Waals surface area contributed by atoms with Gasteiger partial charge in [0.05, 0.1) is 6.54 Å². The van der Waals surface area contributed by atoms with Crippen LogP contribution in [-0.4, -0.2) is 30.4 Å². The Morgan fingerprint density at radius 2 is 2.11 bits per heavy atom. The first kappa shape index (κ1) is 13.4. The number of hydrogen-bond donors (Lipinski definition) is 3. The second kappa shape index (κ2) is 5.73. The molecule has 102 valence electrons. The number of carbonyl (C=O) groups is 2. The molecule has 1 atom stereocenters. The first-order valence-corrected chi connectivity index (χ1v) is 6.48. The molecule has 19 heavy (non-hydrogen) atoms. The fourth-order valence-electron chi connectivity index (χ4n) is 2.12. The highest BCUT2D eigenvalue weighted by molar-refractivity contribution is 5.90. The average Bonchev–Trinajstić information content (AvgIpc) is 2.78.